The first-order valence-electron chi connectivity index (χ1n) is 10.1. The molecule has 0 aromatic heterocycles. The van der Waals surface area contributed by atoms with Gasteiger partial charge in [0, 0.05) is 17.7 Å². The second-order valence-corrected chi connectivity index (χ2v) is 9.32. The zero-order valence-electron chi connectivity index (χ0n) is 19.3. The van der Waals surface area contributed by atoms with E-state index >= 15 is 0 Å². The molecule has 0 radical (unpaired) electrons. The van der Waals surface area contributed by atoms with Crippen molar-refractivity contribution in [3.63, 3.8) is 0 Å². The molecule has 0 atom stereocenters. The Bertz CT molecular complexity index is 1390. The normalized spacial score (nSPS) is 10.9. The van der Waals surface area contributed by atoms with Crippen molar-refractivity contribution in [2.75, 3.05) is 31.4 Å². The van der Waals surface area contributed by atoms with Crippen LogP contribution in [-0.4, -0.2) is 41.6 Å². The van der Waals surface area contributed by atoms with Crippen LogP contribution in [0.5, 0.6) is 11.5 Å². The van der Waals surface area contributed by atoms with Crippen LogP contribution in [0.4, 0.5) is 11.4 Å². The van der Waals surface area contributed by atoms with Crippen molar-refractivity contribution in [2.45, 2.75) is 11.8 Å². The number of anilines is 2. The Morgan fingerprint density at radius 2 is 1.54 bits per heavy atom. The maximum absolute atomic E-state index is 13.0. The van der Waals surface area contributed by atoms with Crippen LogP contribution in [0.25, 0.3) is 0 Å². The predicted octanol–water partition coefficient (Wildman–Crippen LogP) is 4.51. The predicted molar refractivity (Wildman–Crippen MR) is 132 cm³/mol. The van der Waals surface area contributed by atoms with Gasteiger partial charge in [-0.05, 0) is 36.8 Å². The standard InChI is InChI=1S/C24H23ClN2O7S/c1-14-7-5-6-8-18(14)27-35(30,31)22-11-15(9-10-17(22)25)23(28)26-19-13-21(33-3)20(32-2)12-16(19)24(29)34-4/h5-13,27H,1-4H3,(H,26,28). The van der Waals surface area contributed by atoms with Crippen molar-refractivity contribution in [1.82, 2.24) is 0 Å². The number of nitrogens with one attached hydrogen (secondary N) is 2. The van der Waals surface area contributed by atoms with E-state index in [0.29, 0.717) is 11.3 Å². The maximum atomic E-state index is 13.0. The Hall–Kier alpha value is -3.76. The number of esters is 1. The van der Waals surface area contributed by atoms with Gasteiger partial charge < -0.3 is 19.5 Å². The highest BCUT2D eigenvalue weighted by molar-refractivity contribution is 7.92. The van der Waals surface area contributed by atoms with E-state index in [0.717, 1.165) is 6.07 Å². The summed E-state index contributed by atoms with van der Waals surface area (Å²) in [4.78, 5) is 25.0. The highest BCUT2D eigenvalue weighted by Gasteiger charge is 2.23. The van der Waals surface area contributed by atoms with Gasteiger partial charge in [-0.15, -0.1) is 0 Å². The molecule has 0 saturated heterocycles. The third kappa shape index (κ3) is 5.67. The fourth-order valence-corrected chi connectivity index (χ4v) is 4.85. The van der Waals surface area contributed by atoms with Crippen molar-refractivity contribution in [1.29, 1.82) is 0 Å². The third-order valence-corrected chi connectivity index (χ3v) is 6.90. The molecule has 0 aliphatic heterocycles. The number of carbonyl (C=O) groups is 2. The first-order valence-corrected chi connectivity index (χ1v) is 12.0. The topological polar surface area (TPSA) is 120 Å². The van der Waals surface area contributed by atoms with E-state index in [-0.39, 0.29) is 38.2 Å². The summed E-state index contributed by atoms with van der Waals surface area (Å²) in [6.45, 7) is 1.76. The molecule has 3 aromatic rings. The van der Waals surface area contributed by atoms with E-state index in [9.17, 15) is 18.0 Å². The summed E-state index contributed by atoms with van der Waals surface area (Å²) in [5.74, 6) is -0.889. The van der Waals surface area contributed by atoms with Crippen LogP contribution in [0.1, 0.15) is 26.3 Å². The molecule has 0 spiro atoms. The van der Waals surface area contributed by atoms with Gasteiger partial charge in [0.05, 0.1) is 43.3 Å². The van der Waals surface area contributed by atoms with Gasteiger partial charge in [0.1, 0.15) is 4.90 Å². The Morgan fingerprint density at radius 3 is 2.17 bits per heavy atom. The van der Waals surface area contributed by atoms with E-state index in [1.165, 1.54) is 45.6 Å². The molecule has 9 nitrogen and oxygen atoms in total. The third-order valence-electron chi connectivity index (χ3n) is 5.05. The van der Waals surface area contributed by atoms with E-state index in [1.807, 2.05) is 0 Å². The van der Waals surface area contributed by atoms with Crippen LogP contribution in [0, 0.1) is 6.92 Å². The van der Waals surface area contributed by atoms with Gasteiger partial charge in [-0.1, -0.05) is 29.8 Å². The zero-order valence-corrected chi connectivity index (χ0v) is 20.9. The molecular weight excluding hydrogens is 496 g/mol. The molecule has 0 aliphatic rings. The van der Waals surface area contributed by atoms with Crippen LogP contribution < -0.4 is 19.5 Å². The first-order chi connectivity index (χ1) is 16.6. The van der Waals surface area contributed by atoms with Gasteiger partial charge in [-0.25, -0.2) is 13.2 Å². The monoisotopic (exact) mass is 518 g/mol. The molecule has 3 aromatic carbocycles. The number of halogens is 1. The Morgan fingerprint density at radius 1 is 0.886 bits per heavy atom. The lowest BCUT2D eigenvalue weighted by atomic mass is 10.1. The van der Waals surface area contributed by atoms with Gasteiger partial charge in [0.25, 0.3) is 15.9 Å². The molecule has 184 valence electrons. The van der Waals surface area contributed by atoms with Gasteiger partial charge in [0.2, 0.25) is 0 Å². The molecule has 0 fully saturated rings. The first kappa shape index (κ1) is 25.9. The van der Waals surface area contributed by atoms with Crippen molar-refractivity contribution in [3.8, 4) is 11.5 Å². The molecule has 11 heteroatoms. The van der Waals surface area contributed by atoms with Gasteiger partial charge in [0.15, 0.2) is 11.5 Å². The Labute approximate surface area is 208 Å². The fourth-order valence-electron chi connectivity index (χ4n) is 3.19. The number of ether oxygens (including phenoxy) is 3. The number of amides is 1. The minimum absolute atomic E-state index is 0.00911. The SMILES string of the molecule is COC(=O)c1cc(OC)c(OC)cc1NC(=O)c1ccc(Cl)c(S(=O)(=O)Nc2ccccc2C)c1. The molecule has 0 saturated carbocycles. The lowest BCUT2D eigenvalue weighted by molar-refractivity contribution is 0.0601. The molecular formula is C24H23ClN2O7S. The van der Waals surface area contributed by atoms with Gasteiger partial charge in [-0.2, -0.15) is 0 Å². The summed E-state index contributed by atoms with van der Waals surface area (Å²) in [6, 6.07) is 13.4. The van der Waals surface area contributed by atoms with Gasteiger partial charge in [-0.3, -0.25) is 9.52 Å². The number of benzene rings is 3. The number of aryl methyl sites for hydroxylation is 1. The van der Waals surface area contributed by atoms with Crippen LogP contribution in [-0.2, 0) is 14.8 Å². The van der Waals surface area contributed by atoms with Gasteiger partial charge >= 0.3 is 5.97 Å². The second kappa shape index (κ2) is 10.7. The number of hydrogen-bond donors (Lipinski definition) is 2. The number of para-hydroxylation sites is 1. The summed E-state index contributed by atoms with van der Waals surface area (Å²) < 4.78 is 43.8. The number of rotatable bonds is 8. The average Bonchev–Trinajstić information content (AvgIpc) is 2.84. The van der Waals surface area contributed by atoms with Crippen molar-refractivity contribution < 1.29 is 32.2 Å². The van der Waals surface area contributed by atoms with E-state index in [4.69, 9.17) is 25.8 Å². The number of methoxy groups -OCH3 is 3. The highest BCUT2D eigenvalue weighted by Crippen LogP contribution is 2.34. The molecule has 3 rings (SSSR count). The quantitative estimate of drug-likeness (QED) is 0.421. The average molecular weight is 519 g/mol. The van der Waals surface area contributed by atoms with Crippen LogP contribution >= 0.6 is 11.6 Å². The van der Waals surface area contributed by atoms with E-state index in [2.05, 4.69) is 10.0 Å². The largest absolute Gasteiger partial charge is 0.493 e. The lowest BCUT2D eigenvalue weighted by Gasteiger charge is -2.15. The molecule has 1 amide bonds. The molecule has 0 bridgehead atoms. The minimum atomic E-state index is -4.11. The van der Waals surface area contributed by atoms with E-state index < -0.39 is 21.9 Å². The summed E-state index contributed by atoms with van der Waals surface area (Å²) >= 11 is 6.17. The number of carbonyl (C=O) groups excluding carboxylic acids is 2. The van der Waals surface area contributed by atoms with Crippen LogP contribution in [0.2, 0.25) is 5.02 Å². The van der Waals surface area contributed by atoms with Crippen molar-refractivity contribution in [3.05, 3.63) is 76.3 Å². The summed E-state index contributed by atoms with van der Waals surface area (Å²) in [5.41, 5.74) is 1.18. The zero-order chi connectivity index (χ0) is 25.8. The van der Waals surface area contributed by atoms with Crippen LogP contribution in [0.3, 0.4) is 0 Å². The summed E-state index contributed by atoms with van der Waals surface area (Å²) in [6.07, 6.45) is 0. The van der Waals surface area contributed by atoms with E-state index in [1.54, 1.807) is 31.2 Å². The highest BCUT2D eigenvalue weighted by atomic mass is 35.5. The molecule has 0 heterocycles. The minimum Gasteiger partial charge on any atom is -0.493 e. The number of hydrogen-bond acceptors (Lipinski definition) is 7. The van der Waals surface area contributed by atoms with Crippen molar-refractivity contribution in [2.24, 2.45) is 0 Å². The van der Waals surface area contributed by atoms with Crippen molar-refractivity contribution >= 4 is 44.9 Å². The molecule has 0 aliphatic carbocycles. The molecule has 2 N–H and O–H groups in total. The number of sulfonamides is 1. The molecule has 35 heavy (non-hydrogen) atoms. The van der Waals surface area contributed by atoms with Crippen LogP contribution in [0.15, 0.2) is 59.5 Å². The maximum Gasteiger partial charge on any atom is 0.340 e. The fraction of sp³-hybridized carbons (Fsp3) is 0.167. The molecule has 0 unspecified atom stereocenters. The second-order valence-electron chi connectivity index (χ2n) is 7.26. The summed E-state index contributed by atoms with van der Waals surface area (Å²) in [5, 5.41) is 2.53. The Balaban J connectivity index is 1.98. The lowest BCUT2D eigenvalue weighted by Crippen LogP contribution is -2.18. The smallest absolute Gasteiger partial charge is 0.340 e. The Kier molecular flexibility index (Phi) is 7.88. The summed E-state index contributed by atoms with van der Waals surface area (Å²) in [7, 11) is -0.114.